The van der Waals surface area contributed by atoms with E-state index in [1.807, 2.05) is 6.92 Å². The molecule has 2 rings (SSSR count). The van der Waals surface area contributed by atoms with E-state index in [2.05, 4.69) is 10.6 Å². The van der Waals surface area contributed by atoms with Gasteiger partial charge in [-0.1, -0.05) is 70.6 Å². The van der Waals surface area contributed by atoms with Crippen LogP contribution < -0.4 is 10.6 Å². The Morgan fingerprint density at radius 1 is 0.806 bits per heavy atom. The van der Waals surface area contributed by atoms with Gasteiger partial charge in [-0.15, -0.1) is 0 Å². The summed E-state index contributed by atoms with van der Waals surface area (Å²) in [5, 5.41) is 6.70. The predicted octanol–water partition coefficient (Wildman–Crippen LogP) is 5.52. The fourth-order valence-corrected chi connectivity index (χ4v) is 5.38. The van der Waals surface area contributed by atoms with Gasteiger partial charge in [-0.05, 0) is 57.9 Å². The van der Waals surface area contributed by atoms with Crippen LogP contribution in [0.15, 0.2) is 0 Å². The van der Waals surface area contributed by atoms with E-state index in [1.54, 1.807) is 0 Å². The molecule has 0 aromatic carbocycles. The van der Waals surface area contributed by atoms with E-state index in [4.69, 9.17) is 4.74 Å². The number of ether oxygens (including phenoxy) is 1. The minimum absolute atomic E-state index is 0.0997. The highest BCUT2D eigenvalue weighted by molar-refractivity contribution is 5.78. The van der Waals surface area contributed by atoms with Crippen molar-refractivity contribution in [2.24, 2.45) is 11.3 Å². The number of amides is 1. The Labute approximate surface area is 190 Å². The highest BCUT2D eigenvalue weighted by atomic mass is 16.5. The van der Waals surface area contributed by atoms with Gasteiger partial charge < -0.3 is 15.4 Å². The van der Waals surface area contributed by atoms with E-state index in [-0.39, 0.29) is 17.9 Å². The topological polar surface area (TPSA) is 67.4 Å². The molecule has 2 unspecified atom stereocenters. The fourth-order valence-electron chi connectivity index (χ4n) is 5.38. The zero-order valence-corrected chi connectivity index (χ0v) is 20.3. The summed E-state index contributed by atoms with van der Waals surface area (Å²) >= 11 is 0. The Bertz CT molecular complexity index is 515. The Morgan fingerprint density at radius 3 is 2.03 bits per heavy atom. The van der Waals surface area contributed by atoms with Crippen LogP contribution in [0.25, 0.3) is 0 Å². The second kappa shape index (κ2) is 14.9. The molecule has 2 atom stereocenters. The monoisotopic (exact) mass is 436 g/mol. The van der Waals surface area contributed by atoms with Gasteiger partial charge in [-0.2, -0.15) is 0 Å². The molecule has 0 aliphatic heterocycles. The molecule has 1 amide bonds. The van der Waals surface area contributed by atoms with Crippen molar-refractivity contribution in [1.29, 1.82) is 0 Å². The molecular formula is C26H48N2O3. The number of carbonyl (C=O) groups excluding carboxylic acids is 2. The summed E-state index contributed by atoms with van der Waals surface area (Å²) in [5.74, 6) is 0.709. The minimum atomic E-state index is -0.433. The van der Waals surface area contributed by atoms with E-state index in [9.17, 15) is 9.59 Å². The summed E-state index contributed by atoms with van der Waals surface area (Å²) < 4.78 is 5.11. The van der Waals surface area contributed by atoms with E-state index >= 15 is 0 Å². The molecular weight excluding hydrogens is 388 g/mol. The fraction of sp³-hybridized carbons (Fsp3) is 0.923. The van der Waals surface area contributed by atoms with E-state index in [0.29, 0.717) is 12.5 Å². The first-order valence-corrected chi connectivity index (χ1v) is 13.1. The second-order valence-electron chi connectivity index (χ2n) is 10.4. The van der Waals surface area contributed by atoms with E-state index in [1.165, 1.54) is 77.7 Å². The van der Waals surface area contributed by atoms with Crippen molar-refractivity contribution in [2.75, 3.05) is 20.2 Å². The van der Waals surface area contributed by atoms with Crippen LogP contribution in [-0.4, -0.2) is 38.1 Å². The third kappa shape index (κ3) is 10.4. The standard InChI is InChI=1S/C26H48N2O3/c1-26(25(30)31-2)18-13-9-5-8-12-16-23(17-19-26)28-24(29)21-27-20-22-14-10-6-3-4-7-11-15-22/h22-23,27H,3-21H2,1-2H3,(H,28,29). The van der Waals surface area contributed by atoms with Crippen LogP contribution in [0, 0.1) is 11.3 Å². The maximum absolute atomic E-state index is 12.6. The van der Waals surface area contributed by atoms with Crippen molar-refractivity contribution in [3.05, 3.63) is 0 Å². The van der Waals surface area contributed by atoms with Gasteiger partial charge in [0, 0.05) is 6.04 Å². The molecule has 31 heavy (non-hydrogen) atoms. The van der Waals surface area contributed by atoms with Gasteiger partial charge in [0.15, 0.2) is 0 Å². The molecule has 0 aromatic heterocycles. The third-order valence-corrected chi connectivity index (χ3v) is 7.56. The van der Waals surface area contributed by atoms with Crippen LogP contribution in [-0.2, 0) is 14.3 Å². The first kappa shape index (κ1) is 26.2. The molecule has 0 spiro atoms. The van der Waals surface area contributed by atoms with Gasteiger partial charge in [-0.3, -0.25) is 9.59 Å². The van der Waals surface area contributed by atoms with Gasteiger partial charge in [0.05, 0.1) is 19.1 Å². The highest BCUT2D eigenvalue weighted by Gasteiger charge is 2.34. The highest BCUT2D eigenvalue weighted by Crippen LogP contribution is 2.33. The lowest BCUT2D eigenvalue weighted by atomic mass is 9.79. The maximum atomic E-state index is 12.6. The van der Waals surface area contributed by atoms with Gasteiger partial charge in [0.1, 0.15) is 0 Å². The Hall–Kier alpha value is -1.10. The lowest BCUT2D eigenvalue weighted by Crippen LogP contribution is -2.42. The summed E-state index contributed by atoms with van der Waals surface area (Å²) in [7, 11) is 1.49. The molecule has 0 aromatic rings. The maximum Gasteiger partial charge on any atom is 0.311 e. The first-order valence-electron chi connectivity index (χ1n) is 13.1. The molecule has 2 aliphatic rings. The lowest BCUT2D eigenvalue weighted by molar-refractivity contribution is -0.152. The summed E-state index contributed by atoms with van der Waals surface area (Å²) in [6.45, 7) is 3.40. The zero-order valence-electron chi connectivity index (χ0n) is 20.3. The van der Waals surface area contributed by atoms with Crippen molar-refractivity contribution >= 4 is 11.9 Å². The van der Waals surface area contributed by atoms with Gasteiger partial charge in [-0.25, -0.2) is 0 Å². The smallest absolute Gasteiger partial charge is 0.311 e. The number of esters is 1. The van der Waals surface area contributed by atoms with Crippen molar-refractivity contribution in [2.45, 2.75) is 122 Å². The number of carbonyl (C=O) groups is 2. The van der Waals surface area contributed by atoms with Gasteiger partial charge in [0.25, 0.3) is 0 Å². The number of methoxy groups -OCH3 is 1. The zero-order chi connectivity index (χ0) is 22.4. The molecule has 0 bridgehead atoms. The average molecular weight is 437 g/mol. The predicted molar refractivity (Wildman–Crippen MR) is 127 cm³/mol. The molecule has 5 heteroatoms. The van der Waals surface area contributed by atoms with Crippen LogP contribution in [0.3, 0.4) is 0 Å². The number of nitrogens with one attached hydrogen (secondary N) is 2. The first-order chi connectivity index (χ1) is 15.0. The molecule has 0 radical (unpaired) electrons. The SMILES string of the molecule is COC(=O)C1(C)CCCCCCCC(NC(=O)CNCC2CCCCCCCC2)CC1. The molecule has 2 saturated carbocycles. The van der Waals surface area contributed by atoms with Crippen molar-refractivity contribution in [1.82, 2.24) is 10.6 Å². The second-order valence-corrected chi connectivity index (χ2v) is 10.4. The van der Waals surface area contributed by atoms with Crippen LogP contribution in [0.5, 0.6) is 0 Å². The van der Waals surface area contributed by atoms with E-state index < -0.39 is 5.41 Å². The largest absolute Gasteiger partial charge is 0.469 e. The third-order valence-electron chi connectivity index (χ3n) is 7.56. The van der Waals surface area contributed by atoms with Crippen molar-refractivity contribution in [3.8, 4) is 0 Å². The van der Waals surface area contributed by atoms with Crippen molar-refractivity contribution in [3.63, 3.8) is 0 Å². The molecule has 180 valence electrons. The summed E-state index contributed by atoms with van der Waals surface area (Å²) in [6.07, 6.45) is 20.1. The number of rotatable bonds is 6. The Kier molecular flexibility index (Phi) is 12.5. The Balaban J connectivity index is 1.79. The lowest BCUT2D eigenvalue weighted by Gasteiger charge is -2.29. The van der Waals surface area contributed by atoms with E-state index in [0.717, 1.165) is 45.1 Å². The van der Waals surface area contributed by atoms with Crippen LogP contribution >= 0.6 is 0 Å². The summed E-state index contributed by atoms with van der Waals surface area (Å²) in [4.78, 5) is 25.0. The number of hydrogen-bond donors (Lipinski definition) is 2. The number of hydrogen-bond acceptors (Lipinski definition) is 4. The quantitative estimate of drug-likeness (QED) is 0.538. The van der Waals surface area contributed by atoms with Gasteiger partial charge in [0.2, 0.25) is 5.91 Å². The molecule has 5 nitrogen and oxygen atoms in total. The van der Waals surface area contributed by atoms with Crippen LogP contribution in [0.4, 0.5) is 0 Å². The minimum Gasteiger partial charge on any atom is -0.469 e. The van der Waals surface area contributed by atoms with Crippen LogP contribution in [0.1, 0.15) is 116 Å². The molecule has 2 N–H and O–H groups in total. The van der Waals surface area contributed by atoms with Gasteiger partial charge >= 0.3 is 5.97 Å². The van der Waals surface area contributed by atoms with Crippen molar-refractivity contribution < 1.29 is 14.3 Å². The average Bonchev–Trinajstić information content (AvgIpc) is 2.87. The molecule has 0 saturated heterocycles. The molecule has 2 fully saturated rings. The summed E-state index contributed by atoms with van der Waals surface area (Å²) in [6, 6.07) is 0.154. The normalized spacial score (nSPS) is 27.7. The summed E-state index contributed by atoms with van der Waals surface area (Å²) in [5.41, 5.74) is -0.433. The Morgan fingerprint density at radius 2 is 1.39 bits per heavy atom. The molecule has 0 heterocycles. The van der Waals surface area contributed by atoms with Crippen LogP contribution in [0.2, 0.25) is 0 Å². The molecule has 2 aliphatic carbocycles.